The summed E-state index contributed by atoms with van der Waals surface area (Å²) in [4.78, 5) is 0. The highest BCUT2D eigenvalue weighted by Crippen LogP contribution is 2.24. The number of hydrogen-bond donors (Lipinski definition) is 0. The van der Waals surface area contributed by atoms with Crippen LogP contribution in [0.4, 0.5) is 0 Å². The largest absolute Gasteiger partial charge is 0.229 e. The second-order valence-corrected chi connectivity index (χ2v) is 6.64. The molecular formula is C11H19NO2S. The summed E-state index contributed by atoms with van der Waals surface area (Å²) in [7, 11) is -2.87. The van der Waals surface area contributed by atoms with E-state index in [1.165, 1.54) is 6.42 Å². The zero-order chi connectivity index (χ0) is 11.1. The molecule has 1 aliphatic rings. The summed E-state index contributed by atoms with van der Waals surface area (Å²) in [6.45, 7) is 0. The first-order valence-corrected chi connectivity index (χ1v) is 7.47. The van der Waals surface area contributed by atoms with Gasteiger partial charge in [-0.2, -0.15) is 5.26 Å². The highest BCUT2D eigenvalue weighted by molar-refractivity contribution is 7.92. The Hall–Kier alpha value is -0.560. The Morgan fingerprint density at radius 3 is 2.40 bits per heavy atom. The van der Waals surface area contributed by atoms with E-state index >= 15 is 0 Å². The quantitative estimate of drug-likeness (QED) is 0.680. The van der Waals surface area contributed by atoms with Crippen LogP contribution >= 0.6 is 0 Å². The molecule has 0 N–H and O–H groups in total. The third-order valence-electron chi connectivity index (χ3n) is 3.03. The van der Waals surface area contributed by atoms with Crippen LogP contribution in [-0.2, 0) is 9.84 Å². The van der Waals surface area contributed by atoms with Crippen LogP contribution in [0.5, 0.6) is 0 Å². The highest BCUT2D eigenvalue weighted by Gasteiger charge is 2.26. The lowest BCUT2D eigenvalue weighted by Gasteiger charge is -2.21. The topological polar surface area (TPSA) is 57.9 Å². The van der Waals surface area contributed by atoms with E-state index in [9.17, 15) is 8.42 Å². The van der Waals surface area contributed by atoms with Crippen molar-refractivity contribution in [3.8, 4) is 6.07 Å². The van der Waals surface area contributed by atoms with Crippen molar-refractivity contribution in [2.24, 2.45) is 0 Å². The Labute approximate surface area is 92.4 Å². The first-order chi connectivity index (χ1) is 7.17. The molecule has 4 heteroatoms. The Morgan fingerprint density at radius 1 is 1.13 bits per heavy atom. The minimum atomic E-state index is -2.87. The Balaban J connectivity index is 2.34. The minimum Gasteiger partial charge on any atom is -0.229 e. The van der Waals surface area contributed by atoms with Crippen molar-refractivity contribution in [3.05, 3.63) is 0 Å². The number of nitriles is 1. The molecular weight excluding hydrogens is 210 g/mol. The number of hydrogen-bond acceptors (Lipinski definition) is 3. The van der Waals surface area contributed by atoms with Gasteiger partial charge in [0, 0.05) is 6.42 Å². The van der Waals surface area contributed by atoms with Crippen LogP contribution < -0.4 is 0 Å². The monoisotopic (exact) mass is 229 g/mol. The number of nitrogens with zero attached hydrogens (tertiary/aromatic N) is 1. The molecule has 1 saturated carbocycles. The zero-order valence-electron chi connectivity index (χ0n) is 9.11. The van der Waals surface area contributed by atoms with Gasteiger partial charge < -0.3 is 0 Å². The maximum Gasteiger partial charge on any atom is 0.153 e. The average molecular weight is 229 g/mol. The molecule has 0 saturated heterocycles. The van der Waals surface area contributed by atoms with Gasteiger partial charge in [-0.25, -0.2) is 8.42 Å². The van der Waals surface area contributed by atoms with Crippen molar-refractivity contribution >= 4 is 9.84 Å². The molecule has 1 rings (SSSR count). The summed E-state index contributed by atoms with van der Waals surface area (Å²) >= 11 is 0. The number of rotatable bonds is 5. The molecule has 0 aromatic carbocycles. The molecule has 0 aromatic heterocycles. The van der Waals surface area contributed by atoms with Crippen LogP contribution in [0.1, 0.15) is 51.4 Å². The standard InChI is InChI=1S/C11H19NO2S/c12-9-5-2-6-10-15(13,14)11-7-3-1-4-8-11/h11H,1-8,10H2. The number of sulfone groups is 1. The van der Waals surface area contributed by atoms with Gasteiger partial charge in [0.2, 0.25) is 0 Å². The maximum absolute atomic E-state index is 11.9. The van der Waals surface area contributed by atoms with E-state index < -0.39 is 9.84 Å². The zero-order valence-corrected chi connectivity index (χ0v) is 9.93. The van der Waals surface area contributed by atoms with Gasteiger partial charge in [0.25, 0.3) is 0 Å². The van der Waals surface area contributed by atoms with Gasteiger partial charge in [-0.05, 0) is 25.7 Å². The third-order valence-corrected chi connectivity index (χ3v) is 5.37. The summed E-state index contributed by atoms with van der Waals surface area (Å²) in [5, 5.41) is 8.26. The van der Waals surface area contributed by atoms with E-state index in [4.69, 9.17) is 5.26 Å². The minimum absolute atomic E-state index is 0.0895. The van der Waals surface area contributed by atoms with Gasteiger partial charge in [0.05, 0.1) is 17.1 Å². The van der Waals surface area contributed by atoms with Crippen molar-refractivity contribution in [1.29, 1.82) is 5.26 Å². The molecule has 0 spiro atoms. The van der Waals surface area contributed by atoms with Crippen LogP contribution in [-0.4, -0.2) is 19.4 Å². The summed E-state index contributed by atoms with van der Waals surface area (Å²) in [6, 6.07) is 2.04. The fraction of sp³-hybridized carbons (Fsp3) is 0.909. The molecule has 0 unspecified atom stereocenters. The molecule has 0 heterocycles. The molecule has 0 bridgehead atoms. The van der Waals surface area contributed by atoms with E-state index in [-0.39, 0.29) is 11.0 Å². The first kappa shape index (κ1) is 12.5. The van der Waals surface area contributed by atoms with Gasteiger partial charge in [-0.1, -0.05) is 19.3 Å². The van der Waals surface area contributed by atoms with E-state index in [0.717, 1.165) is 25.7 Å². The summed E-state index contributed by atoms with van der Waals surface area (Å²) in [5.74, 6) is 0.277. The van der Waals surface area contributed by atoms with Crippen LogP contribution in [0.3, 0.4) is 0 Å². The fourth-order valence-electron chi connectivity index (χ4n) is 2.10. The Bertz CT molecular complexity index is 310. The van der Waals surface area contributed by atoms with E-state index in [2.05, 4.69) is 0 Å². The van der Waals surface area contributed by atoms with E-state index in [0.29, 0.717) is 19.3 Å². The lowest BCUT2D eigenvalue weighted by atomic mass is 10.0. The van der Waals surface area contributed by atoms with Crippen molar-refractivity contribution in [2.45, 2.75) is 56.6 Å². The maximum atomic E-state index is 11.9. The first-order valence-electron chi connectivity index (χ1n) is 5.75. The van der Waals surface area contributed by atoms with Crippen molar-refractivity contribution < 1.29 is 8.42 Å². The lowest BCUT2D eigenvalue weighted by molar-refractivity contribution is 0.482. The van der Waals surface area contributed by atoms with Gasteiger partial charge >= 0.3 is 0 Å². The second kappa shape index (κ2) is 6.12. The van der Waals surface area contributed by atoms with Crippen LogP contribution in [0.2, 0.25) is 0 Å². The second-order valence-electron chi connectivity index (χ2n) is 4.24. The predicted molar refractivity (Wildman–Crippen MR) is 60.1 cm³/mol. The average Bonchev–Trinajstić information content (AvgIpc) is 2.26. The van der Waals surface area contributed by atoms with Crippen LogP contribution in [0.15, 0.2) is 0 Å². The fourth-order valence-corrected chi connectivity index (χ4v) is 4.09. The molecule has 15 heavy (non-hydrogen) atoms. The van der Waals surface area contributed by atoms with Crippen LogP contribution in [0, 0.1) is 11.3 Å². The molecule has 0 radical (unpaired) electrons. The van der Waals surface area contributed by atoms with E-state index in [1.807, 2.05) is 6.07 Å². The third kappa shape index (κ3) is 4.21. The SMILES string of the molecule is N#CCCCCS(=O)(=O)C1CCCCC1. The molecule has 1 fully saturated rings. The lowest BCUT2D eigenvalue weighted by Crippen LogP contribution is -2.26. The van der Waals surface area contributed by atoms with Gasteiger partial charge in [-0.15, -0.1) is 0 Å². The molecule has 86 valence electrons. The summed E-state index contributed by atoms with van der Waals surface area (Å²) in [6.07, 6.45) is 6.82. The summed E-state index contributed by atoms with van der Waals surface area (Å²) < 4.78 is 23.7. The van der Waals surface area contributed by atoms with E-state index in [1.54, 1.807) is 0 Å². The predicted octanol–water partition coefficient (Wildman–Crippen LogP) is 2.43. The normalized spacial score (nSPS) is 18.6. The molecule has 0 aromatic rings. The number of unbranched alkanes of at least 4 members (excludes halogenated alkanes) is 2. The summed E-state index contributed by atoms with van der Waals surface area (Å²) in [5.41, 5.74) is 0. The molecule has 0 atom stereocenters. The van der Waals surface area contributed by atoms with Gasteiger partial charge in [0.15, 0.2) is 9.84 Å². The van der Waals surface area contributed by atoms with Crippen molar-refractivity contribution in [2.75, 3.05) is 5.75 Å². The molecule has 1 aliphatic carbocycles. The Morgan fingerprint density at radius 2 is 1.80 bits per heavy atom. The Kier molecular flexibility index (Phi) is 5.10. The molecule has 3 nitrogen and oxygen atoms in total. The van der Waals surface area contributed by atoms with Crippen molar-refractivity contribution in [3.63, 3.8) is 0 Å². The van der Waals surface area contributed by atoms with Crippen molar-refractivity contribution in [1.82, 2.24) is 0 Å². The highest BCUT2D eigenvalue weighted by atomic mass is 32.2. The smallest absolute Gasteiger partial charge is 0.153 e. The van der Waals surface area contributed by atoms with Gasteiger partial charge in [-0.3, -0.25) is 0 Å². The molecule has 0 aliphatic heterocycles. The van der Waals surface area contributed by atoms with Gasteiger partial charge in [0.1, 0.15) is 0 Å². The van der Waals surface area contributed by atoms with Crippen LogP contribution in [0.25, 0.3) is 0 Å². The molecule has 0 amide bonds.